The lowest BCUT2D eigenvalue weighted by molar-refractivity contribution is -0.143. The van der Waals surface area contributed by atoms with Gasteiger partial charge in [-0.3, -0.25) is 4.79 Å². The molecule has 0 saturated heterocycles. The predicted octanol–water partition coefficient (Wildman–Crippen LogP) is 2.85. The van der Waals surface area contributed by atoms with E-state index in [1.807, 2.05) is 6.92 Å². The highest BCUT2D eigenvalue weighted by Crippen LogP contribution is 2.37. The fraction of sp³-hybridized carbons (Fsp3) is 0.526. The van der Waals surface area contributed by atoms with E-state index in [-0.39, 0.29) is 39.2 Å². The zero-order valence-corrected chi connectivity index (χ0v) is 18.3. The van der Waals surface area contributed by atoms with Crippen LogP contribution in [0.3, 0.4) is 0 Å². The number of halogens is 3. The van der Waals surface area contributed by atoms with Crippen LogP contribution in [0.5, 0.6) is 0 Å². The highest BCUT2D eigenvalue weighted by Gasteiger charge is 2.37. The number of hydrogen-bond acceptors (Lipinski definition) is 5. The lowest BCUT2D eigenvalue weighted by Gasteiger charge is -2.21. The standard InChI is InChI=1S/C19H22F3N5O3S/c1-5-31(29,30)18-13(24-15-10(2)7-6-8-27(15)18)16-23-11-9-12(19(20,21)22)25(3)17(28)14(11)26(16)4/h9-10H,5-8H2,1-4H3. The minimum absolute atomic E-state index is 0.00262. The van der Waals surface area contributed by atoms with Gasteiger partial charge in [0, 0.05) is 26.6 Å². The van der Waals surface area contributed by atoms with Crippen LogP contribution in [-0.4, -0.2) is 37.8 Å². The Morgan fingerprint density at radius 1 is 1.19 bits per heavy atom. The van der Waals surface area contributed by atoms with E-state index in [4.69, 9.17) is 0 Å². The summed E-state index contributed by atoms with van der Waals surface area (Å²) < 4.78 is 69.5. The van der Waals surface area contributed by atoms with Crippen LogP contribution in [0.15, 0.2) is 15.9 Å². The van der Waals surface area contributed by atoms with Crippen molar-refractivity contribution in [2.45, 2.75) is 50.4 Å². The molecule has 1 aliphatic heterocycles. The van der Waals surface area contributed by atoms with Crippen LogP contribution in [0.2, 0.25) is 0 Å². The Kier molecular flexibility index (Phi) is 4.83. The normalized spacial score (nSPS) is 17.3. The average Bonchev–Trinajstić information content (AvgIpc) is 3.23. The number of aromatic nitrogens is 5. The van der Waals surface area contributed by atoms with E-state index in [0.717, 1.165) is 26.0 Å². The van der Waals surface area contributed by atoms with Crippen molar-refractivity contribution in [1.29, 1.82) is 0 Å². The molecule has 168 valence electrons. The Hall–Kier alpha value is -2.63. The van der Waals surface area contributed by atoms with Gasteiger partial charge in [-0.1, -0.05) is 13.8 Å². The first-order valence-electron chi connectivity index (χ1n) is 9.85. The van der Waals surface area contributed by atoms with Gasteiger partial charge in [0.2, 0.25) is 0 Å². The smallest absolute Gasteiger partial charge is 0.321 e. The summed E-state index contributed by atoms with van der Waals surface area (Å²) >= 11 is 0. The van der Waals surface area contributed by atoms with Gasteiger partial charge in [-0.05, 0) is 18.9 Å². The van der Waals surface area contributed by atoms with Crippen LogP contribution in [0.4, 0.5) is 13.2 Å². The van der Waals surface area contributed by atoms with E-state index >= 15 is 0 Å². The van der Waals surface area contributed by atoms with E-state index in [2.05, 4.69) is 9.97 Å². The van der Waals surface area contributed by atoms with E-state index in [1.54, 1.807) is 4.57 Å². The monoisotopic (exact) mass is 457 g/mol. The van der Waals surface area contributed by atoms with Crippen molar-refractivity contribution in [3.8, 4) is 11.5 Å². The van der Waals surface area contributed by atoms with Crippen LogP contribution in [0.25, 0.3) is 22.6 Å². The number of sulfone groups is 1. The van der Waals surface area contributed by atoms with Crippen molar-refractivity contribution in [3.05, 3.63) is 27.9 Å². The summed E-state index contributed by atoms with van der Waals surface area (Å²) in [5, 5.41) is 0.00262. The van der Waals surface area contributed by atoms with E-state index in [9.17, 15) is 26.4 Å². The molecule has 1 unspecified atom stereocenters. The summed E-state index contributed by atoms with van der Waals surface area (Å²) in [4.78, 5) is 21.5. The summed E-state index contributed by atoms with van der Waals surface area (Å²) in [7, 11) is -1.20. The van der Waals surface area contributed by atoms with Crippen LogP contribution in [0.1, 0.15) is 44.1 Å². The van der Waals surface area contributed by atoms with Gasteiger partial charge in [0.15, 0.2) is 20.7 Å². The van der Waals surface area contributed by atoms with Crippen LogP contribution >= 0.6 is 0 Å². The lowest BCUT2D eigenvalue weighted by atomic mass is 10.0. The second-order valence-corrected chi connectivity index (χ2v) is 10.0. The number of aryl methyl sites for hydroxylation is 1. The Morgan fingerprint density at radius 3 is 2.48 bits per heavy atom. The molecule has 0 amide bonds. The first-order valence-corrected chi connectivity index (χ1v) is 11.5. The highest BCUT2D eigenvalue weighted by molar-refractivity contribution is 7.91. The number of hydrogen-bond donors (Lipinski definition) is 0. The van der Waals surface area contributed by atoms with Gasteiger partial charge in [-0.25, -0.2) is 18.4 Å². The van der Waals surface area contributed by atoms with Crippen molar-refractivity contribution in [2.75, 3.05) is 5.75 Å². The molecule has 31 heavy (non-hydrogen) atoms. The van der Waals surface area contributed by atoms with Crippen molar-refractivity contribution >= 4 is 20.9 Å². The third-order valence-electron chi connectivity index (χ3n) is 5.85. The molecule has 0 bridgehead atoms. The maximum absolute atomic E-state index is 13.4. The van der Waals surface area contributed by atoms with E-state index in [1.165, 1.54) is 18.5 Å². The number of alkyl halides is 3. The molecule has 1 aliphatic rings. The molecule has 3 aromatic heterocycles. The molecule has 4 heterocycles. The summed E-state index contributed by atoms with van der Waals surface area (Å²) in [6, 6.07) is 0.798. The Labute approximate surface area is 176 Å². The molecule has 3 aromatic rings. The second-order valence-electron chi connectivity index (χ2n) is 7.84. The van der Waals surface area contributed by atoms with E-state index < -0.39 is 27.3 Å². The number of nitrogens with zero attached hydrogens (tertiary/aromatic N) is 5. The molecule has 0 spiro atoms. The third-order valence-corrected chi connectivity index (χ3v) is 7.61. The Morgan fingerprint density at radius 2 is 1.87 bits per heavy atom. The highest BCUT2D eigenvalue weighted by atomic mass is 32.2. The van der Waals surface area contributed by atoms with Crippen LogP contribution < -0.4 is 5.56 Å². The summed E-state index contributed by atoms with van der Waals surface area (Å²) in [6.07, 6.45) is -3.10. The second kappa shape index (κ2) is 6.94. The predicted molar refractivity (Wildman–Crippen MR) is 108 cm³/mol. The maximum Gasteiger partial charge on any atom is 0.431 e. The summed E-state index contributed by atoms with van der Waals surface area (Å²) in [6.45, 7) is 3.95. The zero-order valence-electron chi connectivity index (χ0n) is 17.5. The van der Waals surface area contributed by atoms with Gasteiger partial charge in [0.25, 0.3) is 5.56 Å². The van der Waals surface area contributed by atoms with Crippen molar-refractivity contribution < 1.29 is 21.6 Å². The Balaban J connectivity index is 2.08. The zero-order chi connectivity index (χ0) is 22.9. The fourth-order valence-corrected chi connectivity index (χ4v) is 5.41. The minimum atomic E-state index is -4.74. The third kappa shape index (κ3) is 3.19. The van der Waals surface area contributed by atoms with Gasteiger partial charge >= 0.3 is 6.18 Å². The van der Waals surface area contributed by atoms with Gasteiger partial charge in [0.1, 0.15) is 22.7 Å². The minimum Gasteiger partial charge on any atom is -0.321 e. The molecule has 0 aliphatic carbocycles. The number of imidazole rings is 2. The van der Waals surface area contributed by atoms with Gasteiger partial charge < -0.3 is 13.7 Å². The lowest BCUT2D eigenvalue weighted by Crippen LogP contribution is -2.26. The van der Waals surface area contributed by atoms with Crippen molar-refractivity contribution in [2.24, 2.45) is 14.1 Å². The Bertz CT molecular complexity index is 1370. The first kappa shape index (κ1) is 21.6. The average molecular weight is 457 g/mol. The van der Waals surface area contributed by atoms with Gasteiger partial charge in [0.05, 0.1) is 11.3 Å². The van der Waals surface area contributed by atoms with E-state index in [0.29, 0.717) is 16.9 Å². The molecule has 4 rings (SSSR count). The van der Waals surface area contributed by atoms with Gasteiger partial charge in [-0.2, -0.15) is 13.2 Å². The largest absolute Gasteiger partial charge is 0.431 e. The molecule has 8 nitrogen and oxygen atoms in total. The molecule has 0 N–H and O–H groups in total. The maximum atomic E-state index is 13.4. The van der Waals surface area contributed by atoms with Crippen LogP contribution in [-0.2, 0) is 36.7 Å². The topological polar surface area (TPSA) is 91.8 Å². The molecule has 12 heteroatoms. The quantitative estimate of drug-likeness (QED) is 0.603. The fourth-order valence-electron chi connectivity index (χ4n) is 4.18. The molecule has 0 saturated carbocycles. The number of fused-ring (bicyclic) bond motifs is 2. The van der Waals surface area contributed by atoms with Crippen LogP contribution in [0, 0.1) is 0 Å². The molecule has 0 radical (unpaired) electrons. The molecule has 0 fully saturated rings. The molecular formula is C19H22F3N5O3S. The molecule has 1 atom stereocenters. The van der Waals surface area contributed by atoms with Crippen molar-refractivity contribution in [1.82, 2.24) is 23.7 Å². The van der Waals surface area contributed by atoms with Crippen molar-refractivity contribution in [3.63, 3.8) is 0 Å². The number of rotatable bonds is 3. The summed E-state index contributed by atoms with van der Waals surface area (Å²) in [5.74, 6) is 0.508. The number of pyridine rings is 1. The molecular weight excluding hydrogens is 435 g/mol. The molecule has 0 aromatic carbocycles. The first-order chi connectivity index (χ1) is 14.4. The summed E-state index contributed by atoms with van der Waals surface area (Å²) in [5.41, 5.74) is -2.15. The van der Waals surface area contributed by atoms with Gasteiger partial charge in [-0.15, -0.1) is 0 Å². The SMILES string of the molecule is CCS(=O)(=O)c1c(-c2nc3cc(C(F)(F)F)n(C)c(=O)c3n2C)nc2n1CCCC2C.